The Morgan fingerprint density at radius 3 is 2.92 bits per heavy atom. The minimum Gasteiger partial charge on any atom is -0.496 e. The Hall–Kier alpha value is -0.540. The minimum absolute atomic E-state index is 0.249. The molecule has 0 aromatic carbocycles. The Morgan fingerprint density at radius 2 is 2.42 bits per heavy atom. The van der Waals surface area contributed by atoms with Gasteiger partial charge in [-0.15, -0.1) is 11.3 Å². The van der Waals surface area contributed by atoms with E-state index >= 15 is 0 Å². The third-order valence-corrected chi connectivity index (χ3v) is 3.30. The lowest BCUT2D eigenvalue weighted by Crippen LogP contribution is -2.10. The maximum atomic E-state index is 6.02. The largest absolute Gasteiger partial charge is 0.496 e. The van der Waals surface area contributed by atoms with Gasteiger partial charge in [0, 0.05) is 16.3 Å². The van der Waals surface area contributed by atoms with E-state index in [1.165, 1.54) is 17.7 Å². The fourth-order valence-electron chi connectivity index (χ4n) is 1.30. The van der Waals surface area contributed by atoms with Crippen molar-refractivity contribution in [3.05, 3.63) is 16.3 Å². The Morgan fingerprint density at radius 1 is 1.67 bits per heavy atom. The van der Waals surface area contributed by atoms with Crippen molar-refractivity contribution in [1.29, 1.82) is 0 Å². The molecule has 12 heavy (non-hydrogen) atoms. The smallest absolute Gasteiger partial charge is 0.129 e. The van der Waals surface area contributed by atoms with Crippen molar-refractivity contribution in [2.24, 2.45) is 11.7 Å². The van der Waals surface area contributed by atoms with E-state index in [2.05, 4.69) is 0 Å². The van der Waals surface area contributed by atoms with Crippen LogP contribution in [0, 0.1) is 5.92 Å². The molecule has 0 spiro atoms. The van der Waals surface area contributed by atoms with E-state index in [0.717, 1.165) is 11.7 Å². The molecule has 0 aliphatic heterocycles. The van der Waals surface area contributed by atoms with E-state index in [1.54, 1.807) is 18.4 Å². The maximum Gasteiger partial charge on any atom is 0.129 e. The highest BCUT2D eigenvalue weighted by atomic mass is 32.1. The first-order valence-electron chi connectivity index (χ1n) is 4.19. The molecule has 1 aliphatic carbocycles. The second-order valence-corrected chi connectivity index (χ2v) is 4.19. The zero-order valence-electron chi connectivity index (χ0n) is 7.12. The molecule has 1 aromatic heterocycles. The lowest BCUT2D eigenvalue weighted by molar-refractivity contribution is 0.416. The molecule has 1 heterocycles. The van der Waals surface area contributed by atoms with Crippen LogP contribution >= 0.6 is 11.3 Å². The molecule has 1 atom stereocenters. The first kappa shape index (κ1) is 8.08. The zero-order chi connectivity index (χ0) is 8.55. The van der Waals surface area contributed by atoms with Gasteiger partial charge in [-0.3, -0.25) is 0 Å². The summed E-state index contributed by atoms with van der Waals surface area (Å²) in [4.78, 5) is 1.26. The second kappa shape index (κ2) is 3.07. The minimum atomic E-state index is 0.249. The monoisotopic (exact) mass is 183 g/mol. The number of nitrogens with two attached hydrogens (primary N) is 1. The Balaban J connectivity index is 2.10. The summed E-state index contributed by atoms with van der Waals surface area (Å²) in [6.45, 7) is 0. The lowest BCUT2D eigenvalue weighted by Gasteiger charge is -2.05. The maximum absolute atomic E-state index is 6.02. The number of hydrogen-bond acceptors (Lipinski definition) is 3. The Labute approximate surface area is 76.3 Å². The first-order valence-corrected chi connectivity index (χ1v) is 5.07. The van der Waals surface area contributed by atoms with Crippen LogP contribution in [0.1, 0.15) is 23.8 Å². The van der Waals surface area contributed by atoms with E-state index < -0.39 is 0 Å². The first-order chi connectivity index (χ1) is 5.81. The normalized spacial score (nSPS) is 19.2. The van der Waals surface area contributed by atoms with E-state index in [4.69, 9.17) is 10.5 Å². The van der Waals surface area contributed by atoms with Crippen molar-refractivity contribution in [3.8, 4) is 5.75 Å². The topological polar surface area (TPSA) is 35.2 Å². The molecule has 1 saturated carbocycles. The van der Waals surface area contributed by atoms with Crippen molar-refractivity contribution >= 4 is 11.3 Å². The van der Waals surface area contributed by atoms with Gasteiger partial charge in [0.1, 0.15) is 5.75 Å². The molecular formula is C9H13NOS. The SMILES string of the molecule is COc1csc(C(N)C2CC2)c1. The van der Waals surface area contributed by atoms with Crippen LogP contribution < -0.4 is 10.5 Å². The van der Waals surface area contributed by atoms with Crippen LogP contribution in [0.3, 0.4) is 0 Å². The van der Waals surface area contributed by atoms with E-state index in [1.807, 2.05) is 11.4 Å². The van der Waals surface area contributed by atoms with Gasteiger partial charge in [0.25, 0.3) is 0 Å². The van der Waals surface area contributed by atoms with Crippen molar-refractivity contribution in [3.63, 3.8) is 0 Å². The average molecular weight is 183 g/mol. The average Bonchev–Trinajstić information content (AvgIpc) is 2.82. The van der Waals surface area contributed by atoms with Gasteiger partial charge in [-0.25, -0.2) is 0 Å². The van der Waals surface area contributed by atoms with Gasteiger partial charge in [-0.05, 0) is 24.8 Å². The Kier molecular flexibility index (Phi) is 2.07. The summed E-state index contributed by atoms with van der Waals surface area (Å²) in [6, 6.07) is 2.30. The highest BCUT2D eigenvalue weighted by Gasteiger charge is 2.30. The summed E-state index contributed by atoms with van der Waals surface area (Å²) in [7, 11) is 1.69. The summed E-state index contributed by atoms with van der Waals surface area (Å²) in [5, 5.41) is 2.01. The molecule has 1 fully saturated rings. The number of methoxy groups -OCH3 is 1. The fourth-order valence-corrected chi connectivity index (χ4v) is 2.25. The molecule has 0 bridgehead atoms. The van der Waals surface area contributed by atoms with Gasteiger partial charge in [-0.2, -0.15) is 0 Å². The predicted octanol–water partition coefficient (Wildman–Crippen LogP) is 2.17. The van der Waals surface area contributed by atoms with Crippen molar-refractivity contribution in [1.82, 2.24) is 0 Å². The van der Waals surface area contributed by atoms with Gasteiger partial charge >= 0.3 is 0 Å². The molecule has 1 unspecified atom stereocenters. The molecule has 0 saturated heterocycles. The van der Waals surface area contributed by atoms with Crippen LogP contribution in [0.4, 0.5) is 0 Å². The van der Waals surface area contributed by atoms with E-state index in [9.17, 15) is 0 Å². The van der Waals surface area contributed by atoms with E-state index in [0.29, 0.717) is 0 Å². The number of hydrogen-bond donors (Lipinski definition) is 1. The van der Waals surface area contributed by atoms with Crippen molar-refractivity contribution < 1.29 is 4.74 Å². The summed E-state index contributed by atoms with van der Waals surface area (Å²) in [6.07, 6.45) is 2.59. The lowest BCUT2D eigenvalue weighted by atomic mass is 10.2. The van der Waals surface area contributed by atoms with Gasteiger partial charge in [-0.1, -0.05) is 0 Å². The molecule has 0 radical (unpaired) electrons. The zero-order valence-corrected chi connectivity index (χ0v) is 7.93. The summed E-state index contributed by atoms with van der Waals surface area (Å²) in [5.41, 5.74) is 6.02. The van der Waals surface area contributed by atoms with Crippen LogP contribution in [0.5, 0.6) is 5.75 Å². The molecule has 1 aromatic rings. The molecule has 2 rings (SSSR count). The molecule has 0 amide bonds. The molecular weight excluding hydrogens is 170 g/mol. The van der Waals surface area contributed by atoms with E-state index in [-0.39, 0.29) is 6.04 Å². The van der Waals surface area contributed by atoms with Crippen molar-refractivity contribution in [2.45, 2.75) is 18.9 Å². The van der Waals surface area contributed by atoms with Gasteiger partial charge in [0.05, 0.1) is 7.11 Å². The third kappa shape index (κ3) is 1.47. The number of ether oxygens (including phenoxy) is 1. The van der Waals surface area contributed by atoms with Gasteiger partial charge < -0.3 is 10.5 Å². The van der Waals surface area contributed by atoms with Crippen LogP contribution in [0.15, 0.2) is 11.4 Å². The molecule has 3 heteroatoms. The van der Waals surface area contributed by atoms with Crippen LogP contribution in [0.25, 0.3) is 0 Å². The van der Waals surface area contributed by atoms with Crippen molar-refractivity contribution in [2.75, 3.05) is 7.11 Å². The second-order valence-electron chi connectivity index (χ2n) is 3.25. The highest BCUT2D eigenvalue weighted by molar-refractivity contribution is 7.10. The van der Waals surface area contributed by atoms with Gasteiger partial charge in [0.2, 0.25) is 0 Å². The van der Waals surface area contributed by atoms with Crippen LogP contribution in [0.2, 0.25) is 0 Å². The Bertz CT molecular complexity index is 267. The molecule has 2 N–H and O–H groups in total. The fraction of sp³-hybridized carbons (Fsp3) is 0.556. The predicted molar refractivity (Wildman–Crippen MR) is 50.5 cm³/mol. The van der Waals surface area contributed by atoms with Gasteiger partial charge in [0.15, 0.2) is 0 Å². The molecule has 1 aliphatic rings. The standard InChI is InChI=1S/C9H13NOS/c1-11-7-4-8(12-5-7)9(10)6-2-3-6/h4-6,9H,2-3,10H2,1H3. The molecule has 2 nitrogen and oxygen atoms in total. The summed E-state index contributed by atoms with van der Waals surface area (Å²) in [5.74, 6) is 1.67. The highest BCUT2D eigenvalue weighted by Crippen LogP contribution is 2.41. The number of thiophene rings is 1. The third-order valence-electron chi connectivity index (χ3n) is 2.29. The molecule has 66 valence electrons. The van der Waals surface area contributed by atoms with Crippen LogP contribution in [-0.2, 0) is 0 Å². The van der Waals surface area contributed by atoms with Crippen LogP contribution in [-0.4, -0.2) is 7.11 Å². The summed E-state index contributed by atoms with van der Waals surface area (Å²) >= 11 is 1.70. The quantitative estimate of drug-likeness (QED) is 0.779. The number of rotatable bonds is 3. The summed E-state index contributed by atoms with van der Waals surface area (Å²) < 4.78 is 5.10.